The molecule has 0 bridgehead atoms. The molecule has 0 unspecified atom stereocenters. The number of carbonyl (C=O) groups excluding carboxylic acids is 2. The summed E-state index contributed by atoms with van der Waals surface area (Å²) in [5.74, 6) is -0.799. The van der Waals surface area contributed by atoms with Crippen LogP contribution < -0.4 is 10.2 Å². The minimum atomic E-state index is -0.480. The zero-order valence-electron chi connectivity index (χ0n) is 12.5. The van der Waals surface area contributed by atoms with E-state index in [1.807, 2.05) is 43.3 Å². The molecule has 0 saturated carbocycles. The maximum Gasteiger partial charge on any atom is 0.339 e. The summed E-state index contributed by atoms with van der Waals surface area (Å²) in [5.41, 5.74) is 2.56. The second-order valence-corrected chi connectivity index (χ2v) is 5.71. The van der Waals surface area contributed by atoms with Gasteiger partial charge in [0.05, 0.1) is 5.56 Å². The number of carbonyl (C=O) groups is 2. The maximum atomic E-state index is 11.7. The molecule has 0 radical (unpaired) electrons. The Morgan fingerprint density at radius 1 is 1.18 bits per heavy atom. The molecule has 0 spiro atoms. The first-order valence-corrected chi connectivity index (χ1v) is 7.73. The van der Waals surface area contributed by atoms with Crippen molar-refractivity contribution in [2.75, 3.05) is 25.6 Å². The highest BCUT2D eigenvalue weighted by Gasteiger charge is 2.10. The number of amides is 1. The van der Waals surface area contributed by atoms with E-state index < -0.39 is 5.97 Å². The SMILES string of the molecule is CN(C)c1ccc(CNC(=O)COC(=O)c2ccsc2)cc1. The van der Waals surface area contributed by atoms with Crippen molar-refractivity contribution in [2.24, 2.45) is 0 Å². The van der Waals surface area contributed by atoms with Crippen molar-refractivity contribution in [2.45, 2.75) is 6.54 Å². The van der Waals surface area contributed by atoms with Gasteiger partial charge in [-0.25, -0.2) is 4.79 Å². The minimum Gasteiger partial charge on any atom is -0.452 e. The van der Waals surface area contributed by atoms with E-state index in [-0.39, 0.29) is 12.5 Å². The zero-order chi connectivity index (χ0) is 15.9. The number of rotatable bonds is 6. The van der Waals surface area contributed by atoms with Crippen LogP contribution >= 0.6 is 11.3 Å². The maximum absolute atomic E-state index is 11.7. The van der Waals surface area contributed by atoms with Crippen LogP contribution in [0.5, 0.6) is 0 Å². The van der Waals surface area contributed by atoms with Gasteiger partial charge in [0.2, 0.25) is 0 Å². The lowest BCUT2D eigenvalue weighted by Gasteiger charge is -2.13. The lowest BCUT2D eigenvalue weighted by atomic mass is 10.2. The van der Waals surface area contributed by atoms with Gasteiger partial charge in [0, 0.05) is 31.7 Å². The van der Waals surface area contributed by atoms with Gasteiger partial charge in [-0.15, -0.1) is 0 Å². The smallest absolute Gasteiger partial charge is 0.339 e. The van der Waals surface area contributed by atoms with E-state index in [2.05, 4.69) is 5.32 Å². The fourth-order valence-corrected chi connectivity index (χ4v) is 2.38. The molecule has 2 rings (SSSR count). The van der Waals surface area contributed by atoms with Crippen molar-refractivity contribution in [1.29, 1.82) is 0 Å². The van der Waals surface area contributed by atoms with E-state index in [0.29, 0.717) is 12.1 Å². The molecule has 0 atom stereocenters. The molecule has 0 aliphatic rings. The molecule has 1 amide bonds. The minimum absolute atomic E-state index is 0.273. The fraction of sp³-hybridized carbons (Fsp3) is 0.250. The Morgan fingerprint density at radius 2 is 1.91 bits per heavy atom. The molecule has 1 heterocycles. The number of nitrogens with one attached hydrogen (secondary N) is 1. The quantitative estimate of drug-likeness (QED) is 0.830. The average Bonchev–Trinajstić information content (AvgIpc) is 3.05. The monoisotopic (exact) mass is 318 g/mol. The molecule has 1 aromatic heterocycles. The van der Waals surface area contributed by atoms with Gasteiger partial charge in [-0.1, -0.05) is 12.1 Å². The number of anilines is 1. The summed E-state index contributed by atoms with van der Waals surface area (Å²) in [5, 5.41) is 6.19. The summed E-state index contributed by atoms with van der Waals surface area (Å²) in [7, 11) is 3.94. The number of hydrogen-bond donors (Lipinski definition) is 1. The van der Waals surface area contributed by atoms with Crippen molar-refractivity contribution < 1.29 is 14.3 Å². The Labute approximate surface area is 133 Å². The highest BCUT2D eigenvalue weighted by atomic mass is 32.1. The normalized spacial score (nSPS) is 10.1. The first kappa shape index (κ1) is 16.0. The van der Waals surface area contributed by atoms with Crippen LogP contribution in [0, 0.1) is 0 Å². The van der Waals surface area contributed by atoms with Crippen molar-refractivity contribution in [1.82, 2.24) is 5.32 Å². The van der Waals surface area contributed by atoms with E-state index in [1.165, 1.54) is 11.3 Å². The fourth-order valence-electron chi connectivity index (χ4n) is 1.76. The molecule has 1 aromatic carbocycles. The van der Waals surface area contributed by atoms with Crippen LogP contribution in [0.1, 0.15) is 15.9 Å². The summed E-state index contributed by atoms with van der Waals surface area (Å²) in [4.78, 5) is 25.3. The van der Waals surface area contributed by atoms with Gasteiger partial charge in [-0.2, -0.15) is 11.3 Å². The largest absolute Gasteiger partial charge is 0.452 e. The van der Waals surface area contributed by atoms with E-state index in [0.717, 1.165) is 11.3 Å². The molecule has 2 aromatic rings. The third-order valence-corrected chi connectivity index (χ3v) is 3.72. The van der Waals surface area contributed by atoms with Crippen LogP contribution in [-0.4, -0.2) is 32.6 Å². The summed E-state index contributed by atoms with van der Waals surface area (Å²) in [6.45, 7) is 0.132. The molecule has 6 heteroatoms. The third kappa shape index (κ3) is 4.60. The number of ether oxygens (including phenoxy) is 1. The van der Waals surface area contributed by atoms with E-state index in [4.69, 9.17) is 4.74 Å². The molecule has 116 valence electrons. The molecule has 1 N–H and O–H groups in total. The molecule has 5 nitrogen and oxygen atoms in total. The molecule has 0 aliphatic heterocycles. The summed E-state index contributed by atoms with van der Waals surface area (Å²) >= 11 is 1.41. The molecule has 22 heavy (non-hydrogen) atoms. The molecule has 0 fully saturated rings. The van der Waals surface area contributed by atoms with Crippen molar-refractivity contribution in [3.05, 3.63) is 52.2 Å². The number of esters is 1. The predicted molar refractivity (Wildman–Crippen MR) is 87.2 cm³/mol. The topological polar surface area (TPSA) is 58.6 Å². The van der Waals surface area contributed by atoms with E-state index >= 15 is 0 Å². The lowest BCUT2D eigenvalue weighted by Crippen LogP contribution is -2.28. The Bertz CT molecular complexity index is 621. The second-order valence-electron chi connectivity index (χ2n) is 4.93. The summed E-state index contributed by atoms with van der Waals surface area (Å²) in [6.07, 6.45) is 0. The van der Waals surface area contributed by atoms with Crippen LogP contribution in [0.3, 0.4) is 0 Å². The molecular formula is C16H18N2O3S. The zero-order valence-corrected chi connectivity index (χ0v) is 13.4. The molecular weight excluding hydrogens is 300 g/mol. The van der Waals surface area contributed by atoms with Crippen LogP contribution in [0.2, 0.25) is 0 Å². The van der Waals surface area contributed by atoms with Gasteiger partial charge in [-0.05, 0) is 29.1 Å². The second kappa shape index (κ2) is 7.61. The Morgan fingerprint density at radius 3 is 2.50 bits per heavy atom. The van der Waals surface area contributed by atoms with Crippen molar-refractivity contribution >= 4 is 28.9 Å². The van der Waals surface area contributed by atoms with Gasteiger partial charge in [0.15, 0.2) is 6.61 Å². The molecule has 0 aliphatic carbocycles. The number of benzene rings is 1. The van der Waals surface area contributed by atoms with Crippen LogP contribution in [0.25, 0.3) is 0 Å². The number of thiophene rings is 1. The van der Waals surface area contributed by atoms with Gasteiger partial charge in [0.25, 0.3) is 5.91 Å². The Balaban J connectivity index is 1.74. The summed E-state index contributed by atoms with van der Waals surface area (Å²) < 4.78 is 4.94. The first-order chi connectivity index (χ1) is 10.6. The highest BCUT2D eigenvalue weighted by molar-refractivity contribution is 7.08. The third-order valence-electron chi connectivity index (χ3n) is 3.03. The Hall–Kier alpha value is -2.34. The van der Waals surface area contributed by atoms with E-state index in [9.17, 15) is 9.59 Å². The average molecular weight is 318 g/mol. The summed E-state index contributed by atoms with van der Waals surface area (Å²) in [6, 6.07) is 9.54. The van der Waals surface area contributed by atoms with Gasteiger partial charge in [0.1, 0.15) is 0 Å². The first-order valence-electron chi connectivity index (χ1n) is 6.78. The van der Waals surface area contributed by atoms with Gasteiger partial charge < -0.3 is 15.0 Å². The number of hydrogen-bond acceptors (Lipinski definition) is 5. The molecule has 0 saturated heterocycles. The van der Waals surface area contributed by atoms with Crippen LogP contribution in [0.4, 0.5) is 5.69 Å². The van der Waals surface area contributed by atoms with Crippen LogP contribution in [0.15, 0.2) is 41.1 Å². The predicted octanol–water partition coefficient (Wildman–Crippen LogP) is 2.29. The Kier molecular flexibility index (Phi) is 5.55. The van der Waals surface area contributed by atoms with Crippen molar-refractivity contribution in [3.63, 3.8) is 0 Å². The van der Waals surface area contributed by atoms with Gasteiger partial charge >= 0.3 is 5.97 Å². The highest BCUT2D eigenvalue weighted by Crippen LogP contribution is 2.12. The van der Waals surface area contributed by atoms with E-state index in [1.54, 1.807) is 16.8 Å². The standard InChI is InChI=1S/C16H18N2O3S/c1-18(2)14-5-3-12(4-6-14)9-17-15(19)10-21-16(20)13-7-8-22-11-13/h3-8,11H,9-10H2,1-2H3,(H,17,19). The lowest BCUT2D eigenvalue weighted by molar-refractivity contribution is -0.124. The van der Waals surface area contributed by atoms with Crippen molar-refractivity contribution in [3.8, 4) is 0 Å². The van der Waals surface area contributed by atoms with Crippen LogP contribution in [-0.2, 0) is 16.1 Å². The van der Waals surface area contributed by atoms with Gasteiger partial charge in [-0.3, -0.25) is 4.79 Å². The number of nitrogens with zero attached hydrogens (tertiary/aromatic N) is 1.